The molecule has 2 nitrogen and oxygen atoms in total. The Kier molecular flexibility index (Phi) is 5.44. The van der Waals surface area contributed by atoms with Gasteiger partial charge in [0.15, 0.2) is 0 Å². The van der Waals surface area contributed by atoms with E-state index in [2.05, 4.69) is 12.2 Å². The van der Waals surface area contributed by atoms with Gasteiger partial charge in [-0.2, -0.15) is 0 Å². The minimum Gasteiger partial charge on any atom is -0.300 e. The number of rotatable bonds is 4. The van der Waals surface area contributed by atoms with E-state index in [-0.39, 0.29) is 11.6 Å². The third-order valence-electron chi connectivity index (χ3n) is 3.15. The zero-order valence-electron chi connectivity index (χ0n) is 10.4. The smallest absolute Gasteiger partial charge is 0.130 e. The summed E-state index contributed by atoms with van der Waals surface area (Å²) in [5, 5.41) is 0. The summed E-state index contributed by atoms with van der Waals surface area (Å²) in [7, 11) is 0. The lowest BCUT2D eigenvalue weighted by Crippen LogP contribution is -2.09. The van der Waals surface area contributed by atoms with Crippen LogP contribution in [0.4, 0.5) is 0 Å². The summed E-state index contributed by atoms with van der Waals surface area (Å²) >= 11 is 0. The molecule has 2 heteroatoms. The van der Waals surface area contributed by atoms with Crippen molar-refractivity contribution in [1.82, 2.24) is 0 Å². The van der Waals surface area contributed by atoms with Crippen molar-refractivity contribution in [2.45, 2.75) is 52.4 Å². The molecule has 0 fully saturated rings. The van der Waals surface area contributed by atoms with E-state index < -0.39 is 0 Å². The summed E-state index contributed by atoms with van der Waals surface area (Å²) in [4.78, 5) is 22.2. The first kappa shape index (κ1) is 13.1. The number of allylic oxidation sites excluding steroid dienone is 2. The second kappa shape index (κ2) is 6.62. The van der Waals surface area contributed by atoms with Gasteiger partial charge in [-0.1, -0.05) is 25.0 Å². The average Bonchev–Trinajstić information content (AvgIpc) is 2.14. The van der Waals surface area contributed by atoms with Gasteiger partial charge in [-0.05, 0) is 38.5 Å². The molecular weight excluding hydrogens is 200 g/mol. The highest BCUT2D eigenvalue weighted by Gasteiger charge is 2.14. The molecule has 1 rings (SSSR count). The van der Waals surface area contributed by atoms with Crippen LogP contribution in [-0.2, 0) is 9.59 Å². The molecule has 0 aromatic carbocycles. The van der Waals surface area contributed by atoms with Crippen LogP contribution in [0.25, 0.3) is 0 Å². The zero-order valence-corrected chi connectivity index (χ0v) is 10.4. The van der Waals surface area contributed by atoms with Crippen molar-refractivity contribution in [3.63, 3.8) is 0 Å². The van der Waals surface area contributed by atoms with E-state index in [4.69, 9.17) is 0 Å². The average molecular weight is 222 g/mol. The molecule has 0 N–H and O–H groups in total. The number of hydrogen-bond donors (Lipinski definition) is 0. The molecule has 0 saturated heterocycles. The highest BCUT2D eigenvalue weighted by atomic mass is 16.1. The van der Waals surface area contributed by atoms with Crippen molar-refractivity contribution >= 4 is 11.6 Å². The Hall–Kier alpha value is -0.920. The van der Waals surface area contributed by atoms with E-state index in [0.29, 0.717) is 24.7 Å². The second-order valence-corrected chi connectivity index (χ2v) is 5.00. The van der Waals surface area contributed by atoms with E-state index in [9.17, 15) is 9.59 Å². The number of hydrogen-bond acceptors (Lipinski definition) is 2. The van der Waals surface area contributed by atoms with Crippen LogP contribution < -0.4 is 0 Å². The highest BCUT2D eigenvalue weighted by molar-refractivity contribution is 5.76. The quantitative estimate of drug-likeness (QED) is 0.684. The minimum atomic E-state index is 0.262. The van der Waals surface area contributed by atoms with Crippen LogP contribution in [0.1, 0.15) is 52.4 Å². The molecule has 0 heterocycles. The first-order valence-electron chi connectivity index (χ1n) is 6.25. The molecule has 0 radical (unpaired) electrons. The maximum absolute atomic E-state index is 11.1. The Morgan fingerprint density at radius 2 is 1.31 bits per heavy atom. The summed E-state index contributed by atoms with van der Waals surface area (Å²) < 4.78 is 0. The van der Waals surface area contributed by atoms with Crippen molar-refractivity contribution in [3.8, 4) is 0 Å². The van der Waals surface area contributed by atoms with Crippen molar-refractivity contribution in [1.29, 1.82) is 0 Å². The number of ketones is 2. The molecule has 0 aromatic rings. The lowest BCUT2D eigenvalue weighted by atomic mass is 9.87. The molecule has 1 aliphatic rings. The first-order chi connectivity index (χ1) is 7.58. The van der Waals surface area contributed by atoms with Gasteiger partial charge in [0.1, 0.15) is 11.6 Å². The first-order valence-corrected chi connectivity index (χ1v) is 6.25. The van der Waals surface area contributed by atoms with Gasteiger partial charge in [0.2, 0.25) is 0 Å². The molecule has 0 amide bonds. The van der Waals surface area contributed by atoms with Crippen molar-refractivity contribution < 1.29 is 9.59 Å². The van der Waals surface area contributed by atoms with Crippen LogP contribution in [-0.4, -0.2) is 11.6 Å². The normalized spacial score (nSPS) is 27.9. The topological polar surface area (TPSA) is 34.1 Å². The van der Waals surface area contributed by atoms with Gasteiger partial charge >= 0.3 is 0 Å². The van der Waals surface area contributed by atoms with E-state index in [1.807, 2.05) is 0 Å². The zero-order chi connectivity index (χ0) is 12.0. The summed E-state index contributed by atoms with van der Waals surface area (Å²) in [6.45, 7) is 3.30. The van der Waals surface area contributed by atoms with Gasteiger partial charge in [0, 0.05) is 12.8 Å². The maximum atomic E-state index is 11.1. The Morgan fingerprint density at radius 3 is 1.62 bits per heavy atom. The van der Waals surface area contributed by atoms with Crippen LogP contribution in [0.15, 0.2) is 12.2 Å². The molecular formula is C14H22O2. The Bertz CT molecular complexity index is 250. The summed E-state index contributed by atoms with van der Waals surface area (Å²) in [5.41, 5.74) is 0. The van der Waals surface area contributed by atoms with E-state index in [1.54, 1.807) is 13.8 Å². The van der Waals surface area contributed by atoms with Gasteiger partial charge < -0.3 is 9.59 Å². The molecule has 16 heavy (non-hydrogen) atoms. The lowest BCUT2D eigenvalue weighted by molar-refractivity contribution is -0.118. The third-order valence-corrected chi connectivity index (χ3v) is 3.15. The van der Waals surface area contributed by atoms with Crippen LogP contribution in [0.2, 0.25) is 0 Å². The number of carbonyl (C=O) groups is 2. The van der Waals surface area contributed by atoms with Crippen molar-refractivity contribution in [2.75, 3.05) is 0 Å². The molecule has 2 atom stereocenters. The van der Waals surface area contributed by atoms with Crippen molar-refractivity contribution in [2.24, 2.45) is 11.8 Å². The number of Topliss-reactive ketones (excluding diaryl/α,β-unsaturated/α-hetero) is 2. The predicted octanol–water partition coefficient (Wildman–Crippen LogP) is 3.31. The molecule has 2 unspecified atom stereocenters. The van der Waals surface area contributed by atoms with Gasteiger partial charge in [0.25, 0.3) is 0 Å². The third kappa shape index (κ3) is 5.24. The summed E-state index contributed by atoms with van der Waals surface area (Å²) in [6.07, 6.45) is 10.2. The van der Waals surface area contributed by atoms with E-state index in [1.165, 1.54) is 12.8 Å². The molecule has 0 aromatic heterocycles. The largest absolute Gasteiger partial charge is 0.300 e. The standard InChI is InChI=1S/C14H22O2/c1-11(15)9-13-5-3-4-6-14(8-7-13)10-12(2)16/h7-8,13-14H,3-6,9-10H2,1-2H3/b8-7+. The number of carbonyl (C=O) groups excluding carboxylic acids is 2. The molecule has 1 aliphatic carbocycles. The fourth-order valence-electron chi connectivity index (χ4n) is 2.40. The summed E-state index contributed by atoms with van der Waals surface area (Å²) in [5.74, 6) is 1.32. The van der Waals surface area contributed by atoms with Gasteiger partial charge in [-0.15, -0.1) is 0 Å². The Labute approximate surface area is 98.1 Å². The lowest BCUT2D eigenvalue weighted by Gasteiger charge is -2.18. The molecule has 0 aliphatic heterocycles. The van der Waals surface area contributed by atoms with Gasteiger partial charge in [-0.25, -0.2) is 0 Å². The molecule has 90 valence electrons. The Morgan fingerprint density at radius 1 is 0.938 bits per heavy atom. The molecule has 0 bridgehead atoms. The highest BCUT2D eigenvalue weighted by Crippen LogP contribution is 2.24. The Balaban J connectivity index is 2.54. The fourth-order valence-corrected chi connectivity index (χ4v) is 2.40. The van der Waals surface area contributed by atoms with Gasteiger partial charge in [0.05, 0.1) is 0 Å². The fraction of sp³-hybridized carbons (Fsp3) is 0.714. The second-order valence-electron chi connectivity index (χ2n) is 5.00. The SMILES string of the molecule is CC(=O)CC1/C=C/C(CC(C)=O)CCCC1. The van der Waals surface area contributed by atoms with Crippen molar-refractivity contribution in [3.05, 3.63) is 12.2 Å². The molecule has 0 saturated carbocycles. The van der Waals surface area contributed by atoms with Gasteiger partial charge in [-0.3, -0.25) is 0 Å². The van der Waals surface area contributed by atoms with Crippen LogP contribution >= 0.6 is 0 Å². The van der Waals surface area contributed by atoms with Crippen LogP contribution in [0.5, 0.6) is 0 Å². The van der Waals surface area contributed by atoms with E-state index >= 15 is 0 Å². The predicted molar refractivity (Wildman–Crippen MR) is 65.2 cm³/mol. The minimum absolute atomic E-state index is 0.262. The monoisotopic (exact) mass is 222 g/mol. The summed E-state index contributed by atoms with van der Waals surface area (Å²) in [6, 6.07) is 0. The molecule has 0 spiro atoms. The van der Waals surface area contributed by atoms with E-state index in [0.717, 1.165) is 12.8 Å². The maximum Gasteiger partial charge on any atom is 0.130 e. The van der Waals surface area contributed by atoms with Crippen LogP contribution in [0.3, 0.4) is 0 Å². The van der Waals surface area contributed by atoms with Crippen LogP contribution in [0, 0.1) is 11.8 Å².